The molecule has 5 nitrogen and oxygen atoms in total. The highest BCUT2D eigenvalue weighted by molar-refractivity contribution is 5.95. The second kappa shape index (κ2) is 6.75. The summed E-state index contributed by atoms with van der Waals surface area (Å²) >= 11 is 0. The van der Waals surface area contributed by atoms with Crippen LogP contribution < -0.4 is 10.2 Å². The average Bonchev–Trinajstić information content (AvgIpc) is 2.96. The number of fused-ring (bicyclic) bond motifs is 1. The zero-order valence-electron chi connectivity index (χ0n) is 13.0. The summed E-state index contributed by atoms with van der Waals surface area (Å²) in [6.45, 7) is 4.72. The number of carbonyl (C=O) groups excluding carboxylic acids is 1. The van der Waals surface area contributed by atoms with Crippen molar-refractivity contribution in [2.24, 2.45) is 0 Å². The molecule has 0 aliphatic carbocycles. The Hall–Kier alpha value is -2.14. The van der Waals surface area contributed by atoms with Crippen LogP contribution in [0.2, 0.25) is 0 Å². The number of amides is 1. The molecule has 1 aromatic carbocycles. The summed E-state index contributed by atoms with van der Waals surface area (Å²) in [5, 5.41) is 7.45. The fraction of sp³-hybridized carbons (Fsp3) is 0.412. The molecule has 3 rings (SSSR count). The summed E-state index contributed by atoms with van der Waals surface area (Å²) in [4.78, 5) is 14.3. The number of hydrogen-bond acceptors (Lipinski definition) is 3. The van der Waals surface area contributed by atoms with Crippen molar-refractivity contribution < 1.29 is 4.79 Å². The van der Waals surface area contributed by atoms with Gasteiger partial charge in [-0.05, 0) is 37.0 Å². The molecule has 1 N–H and O–H groups in total. The number of aryl methyl sites for hydroxylation is 2. The summed E-state index contributed by atoms with van der Waals surface area (Å²) in [7, 11) is 0. The number of nitrogens with zero attached hydrogens (tertiary/aromatic N) is 3. The molecule has 0 radical (unpaired) electrons. The number of hydrogen-bond donors (Lipinski definition) is 1. The molecule has 1 amide bonds. The van der Waals surface area contributed by atoms with E-state index in [0.29, 0.717) is 6.54 Å². The molecule has 0 unspecified atom stereocenters. The van der Waals surface area contributed by atoms with Gasteiger partial charge in [0.25, 0.3) is 0 Å². The van der Waals surface area contributed by atoms with Crippen molar-refractivity contribution in [3.05, 3.63) is 47.8 Å². The number of nitrogens with one attached hydrogen (secondary N) is 1. The van der Waals surface area contributed by atoms with Crippen molar-refractivity contribution in [3.8, 4) is 0 Å². The van der Waals surface area contributed by atoms with E-state index in [4.69, 9.17) is 0 Å². The summed E-state index contributed by atoms with van der Waals surface area (Å²) < 4.78 is 1.89. The van der Waals surface area contributed by atoms with Crippen LogP contribution in [0.1, 0.15) is 17.5 Å². The molecule has 1 aliphatic rings. The lowest BCUT2D eigenvalue weighted by Gasteiger charge is -2.29. The third-order valence-corrected chi connectivity index (χ3v) is 3.97. The summed E-state index contributed by atoms with van der Waals surface area (Å²) in [5.41, 5.74) is 3.50. The van der Waals surface area contributed by atoms with Gasteiger partial charge in [-0.3, -0.25) is 9.48 Å². The Balaban J connectivity index is 1.50. The summed E-state index contributed by atoms with van der Waals surface area (Å²) in [5.74, 6) is 0.142. The lowest BCUT2D eigenvalue weighted by molar-refractivity contribution is -0.117. The number of aromatic nitrogens is 2. The Morgan fingerprint density at radius 3 is 3.05 bits per heavy atom. The van der Waals surface area contributed by atoms with Crippen LogP contribution in [0.5, 0.6) is 0 Å². The molecule has 22 heavy (non-hydrogen) atoms. The highest BCUT2D eigenvalue weighted by atomic mass is 16.2. The lowest BCUT2D eigenvalue weighted by atomic mass is 10.0. The number of anilines is 1. The normalized spacial score (nSPS) is 14.0. The topological polar surface area (TPSA) is 50.2 Å². The van der Waals surface area contributed by atoms with Crippen LogP contribution in [0.25, 0.3) is 0 Å². The van der Waals surface area contributed by atoms with Crippen LogP contribution in [-0.4, -0.2) is 35.3 Å². The first kappa shape index (κ1) is 14.8. The van der Waals surface area contributed by atoms with E-state index in [9.17, 15) is 4.79 Å². The molecule has 0 fully saturated rings. The minimum Gasteiger partial charge on any atom is -0.311 e. The quantitative estimate of drug-likeness (QED) is 0.856. The van der Waals surface area contributed by atoms with Crippen molar-refractivity contribution in [1.82, 2.24) is 15.1 Å². The van der Waals surface area contributed by atoms with E-state index in [1.807, 2.05) is 47.1 Å². The third-order valence-electron chi connectivity index (χ3n) is 3.97. The van der Waals surface area contributed by atoms with E-state index < -0.39 is 0 Å². The van der Waals surface area contributed by atoms with E-state index in [1.165, 1.54) is 5.56 Å². The Kier molecular flexibility index (Phi) is 4.53. The van der Waals surface area contributed by atoms with Gasteiger partial charge < -0.3 is 10.2 Å². The van der Waals surface area contributed by atoms with Gasteiger partial charge in [0, 0.05) is 25.0 Å². The minimum absolute atomic E-state index is 0.142. The number of benzene rings is 1. The van der Waals surface area contributed by atoms with Crippen molar-refractivity contribution in [3.63, 3.8) is 0 Å². The largest absolute Gasteiger partial charge is 0.311 e. The van der Waals surface area contributed by atoms with Gasteiger partial charge in [-0.15, -0.1) is 0 Å². The van der Waals surface area contributed by atoms with Crippen molar-refractivity contribution in [2.45, 2.75) is 26.3 Å². The third kappa shape index (κ3) is 3.36. The highest BCUT2D eigenvalue weighted by Gasteiger charge is 2.21. The molecular weight excluding hydrogens is 276 g/mol. The lowest BCUT2D eigenvalue weighted by Crippen LogP contribution is -2.41. The first-order chi connectivity index (χ1) is 10.7. The second-order valence-corrected chi connectivity index (χ2v) is 5.74. The SMILES string of the molecule is Cc1cnn(CCNCC(=O)N2CCCc3ccccc32)c1. The van der Waals surface area contributed by atoms with Gasteiger partial charge in [-0.1, -0.05) is 18.2 Å². The molecule has 2 aromatic rings. The Bertz CT molecular complexity index is 650. The Morgan fingerprint density at radius 1 is 1.36 bits per heavy atom. The van der Waals surface area contributed by atoms with Crippen LogP contribution in [0.15, 0.2) is 36.7 Å². The molecule has 2 heterocycles. The van der Waals surface area contributed by atoms with E-state index in [2.05, 4.69) is 16.5 Å². The molecule has 5 heteroatoms. The fourth-order valence-electron chi connectivity index (χ4n) is 2.87. The first-order valence-electron chi connectivity index (χ1n) is 7.82. The first-order valence-corrected chi connectivity index (χ1v) is 7.82. The number of para-hydroxylation sites is 1. The van der Waals surface area contributed by atoms with Gasteiger partial charge in [0.05, 0.1) is 19.3 Å². The zero-order valence-corrected chi connectivity index (χ0v) is 13.0. The van der Waals surface area contributed by atoms with Crippen molar-refractivity contribution in [2.75, 3.05) is 24.5 Å². The van der Waals surface area contributed by atoms with Crippen LogP contribution in [0.3, 0.4) is 0 Å². The maximum Gasteiger partial charge on any atom is 0.240 e. The van der Waals surface area contributed by atoms with Gasteiger partial charge in [0.15, 0.2) is 0 Å². The molecule has 116 valence electrons. The summed E-state index contributed by atoms with van der Waals surface area (Å²) in [6, 6.07) is 8.19. The zero-order chi connectivity index (χ0) is 15.4. The van der Waals surface area contributed by atoms with Crippen LogP contribution in [0, 0.1) is 6.92 Å². The molecular formula is C17H22N4O. The Morgan fingerprint density at radius 2 is 2.23 bits per heavy atom. The van der Waals surface area contributed by atoms with E-state index in [-0.39, 0.29) is 5.91 Å². The molecule has 0 saturated carbocycles. The van der Waals surface area contributed by atoms with E-state index in [0.717, 1.165) is 43.7 Å². The van der Waals surface area contributed by atoms with Gasteiger partial charge >= 0.3 is 0 Å². The summed E-state index contributed by atoms with van der Waals surface area (Å²) in [6.07, 6.45) is 5.95. The number of rotatable bonds is 5. The van der Waals surface area contributed by atoms with Gasteiger partial charge in [-0.2, -0.15) is 5.10 Å². The monoisotopic (exact) mass is 298 g/mol. The maximum atomic E-state index is 12.4. The van der Waals surface area contributed by atoms with Crippen LogP contribution in [-0.2, 0) is 17.8 Å². The average molecular weight is 298 g/mol. The second-order valence-electron chi connectivity index (χ2n) is 5.74. The van der Waals surface area contributed by atoms with Crippen LogP contribution >= 0.6 is 0 Å². The standard InChI is InChI=1S/C17H22N4O/c1-14-11-19-20(13-14)10-8-18-12-17(22)21-9-4-6-15-5-2-3-7-16(15)21/h2-3,5,7,11,13,18H,4,6,8-10,12H2,1H3. The molecule has 0 spiro atoms. The minimum atomic E-state index is 0.142. The maximum absolute atomic E-state index is 12.4. The van der Waals surface area contributed by atoms with Gasteiger partial charge in [0.2, 0.25) is 5.91 Å². The van der Waals surface area contributed by atoms with Crippen LogP contribution in [0.4, 0.5) is 5.69 Å². The molecule has 0 bridgehead atoms. The van der Waals surface area contributed by atoms with E-state index in [1.54, 1.807) is 0 Å². The van der Waals surface area contributed by atoms with Crippen molar-refractivity contribution in [1.29, 1.82) is 0 Å². The van der Waals surface area contributed by atoms with Gasteiger partial charge in [-0.25, -0.2) is 0 Å². The fourth-order valence-corrected chi connectivity index (χ4v) is 2.87. The Labute approximate surface area is 130 Å². The van der Waals surface area contributed by atoms with Gasteiger partial charge in [0.1, 0.15) is 0 Å². The molecule has 0 atom stereocenters. The predicted molar refractivity (Wildman–Crippen MR) is 86.9 cm³/mol. The number of carbonyl (C=O) groups is 1. The molecule has 1 aromatic heterocycles. The molecule has 1 aliphatic heterocycles. The predicted octanol–water partition coefficient (Wildman–Crippen LogP) is 1.76. The van der Waals surface area contributed by atoms with Crippen molar-refractivity contribution >= 4 is 11.6 Å². The smallest absolute Gasteiger partial charge is 0.240 e. The highest BCUT2D eigenvalue weighted by Crippen LogP contribution is 2.26. The molecule has 0 saturated heterocycles. The van der Waals surface area contributed by atoms with E-state index >= 15 is 0 Å².